The summed E-state index contributed by atoms with van der Waals surface area (Å²) in [4.78, 5) is 11.8. The van der Waals surface area contributed by atoms with E-state index in [1.54, 1.807) is 23.1 Å². The second kappa shape index (κ2) is 5.49. The number of carbonyl (C=O) groups is 1. The van der Waals surface area contributed by atoms with Crippen molar-refractivity contribution in [2.24, 2.45) is 0 Å². The summed E-state index contributed by atoms with van der Waals surface area (Å²) in [6.07, 6.45) is 3.44. The number of hydrogen-bond donors (Lipinski definition) is 1. The Hall–Kier alpha value is -2.10. The summed E-state index contributed by atoms with van der Waals surface area (Å²) in [5, 5.41) is 6.99. The van der Waals surface area contributed by atoms with Crippen LogP contribution < -0.4 is 5.32 Å². The van der Waals surface area contributed by atoms with Crippen LogP contribution >= 0.6 is 0 Å². The Morgan fingerprint density at radius 3 is 2.83 bits per heavy atom. The SMILES string of the molecule is Cc1ccccc1C(C)NC(=O)Cn1cccn1. The lowest BCUT2D eigenvalue weighted by molar-refractivity contribution is -0.122. The molecule has 2 rings (SSSR count). The zero-order chi connectivity index (χ0) is 13.0. The summed E-state index contributed by atoms with van der Waals surface area (Å²) in [7, 11) is 0. The topological polar surface area (TPSA) is 46.9 Å². The van der Waals surface area contributed by atoms with Crippen LogP contribution in [0.4, 0.5) is 0 Å². The highest BCUT2D eigenvalue weighted by Gasteiger charge is 2.11. The van der Waals surface area contributed by atoms with Gasteiger partial charge in [-0.15, -0.1) is 0 Å². The van der Waals surface area contributed by atoms with Crippen LogP contribution in [0.5, 0.6) is 0 Å². The number of aromatic nitrogens is 2. The zero-order valence-electron chi connectivity index (χ0n) is 10.6. The number of nitrogens with zero attached hydrogens (tertiary/aromatic N) is 2. The van der Waals surface area contributed by atoms with Crippen molar-refractivity contribution < 1.29 is 4.79 Å². The van der Waals surface area contributed by atoms with Crippen molar-refractivity contribution in [2.45, 2.75) is 26.4 Å². The molecule has 0 aliphatic rings. The predicted molar refractivity (Wildman–Crippen MR) is 70.0 cm³/mol. The molecule has 0 aliphatic carbocycles. The summed E-state index contributed by atoms with van der Waals surface area (Å²) < 4.78 is 1.61. The summed E-state index contributed by atoms with van der Waals surface area (Å²) in [5.41, 5.74) is 2.33. The standard InChI is InChI=1S/C14H17N3O/c1-11-6-3-4-7-13(11)12(2)16-14(18)10-17-9-5-8-15-17/h3-9,12H,10H2,1-2H3,(H,16,18). The molecule has 4 heteroatoms. The van der Waals surface area contributed by atoms with Gasteiger partial charge in [-0.3, -0.25) is 9.48 Å². The molecule has 1 heterocycles. The number of rotatable bonds is 4. The highest BCUT2D eigenvalue weighted by Crippen LogP contribution is 2.16. The molecular formula is C14H17N3O. The van der Waals surface area contributed by atoms with Crippen molar-refractivity contribution >= 4 is 5.91 Å². The smallest absolute Gasteiger partial charge is 0.242 e. The van der Waals surface area contributed by atoms with Gasteiger partial charge >= 0.3 is 0 Å². The first-order valence-electron chi connectivity index (χ1n) is 5.99. The second-order valence-electron chi connectivity index (χ2n) is 4.35. The molecule has 1 unspecified atom stereocenters. The summed E-state index contributed by atoms with van der Waals surface area (Å²) in [6.45, 7) is 4.29. The molecule has 1 aromatic heterocycles. The molecule has 0 saturated carbocycles. The molecule has 1 aromatic carbocycles. The molecule has 18 heavy (non-hydrogen) atoms. The predicted octanol–water partition coefficient (Wildman–Crippen LogP) is 2.07. The van der Waals surface area contributed by atoms with Gasteiger partial charge in [-0.05, 0) is 31.0 Å². The number of hydrogen-bond acceptors (Lipinski definition) is 2. The van der Waals surface area contributed by atoms with E-state index in [1.165, 1.54) is 5.56 Å². The van der Waals surface area contributed by atoms with E-state index < -0.39 is 0 Å². The van der Waals surface area contributed by atoms with E-state index in [0.717, 1.165) is 5.56 Å². The van der Waals surface area contributed by atoms with Crippen molar-refractivity contribution in [2.75, 3.05) is 0 Å². The highest BCUT2D eigenvalue weighted by molar-refractivity contribution is 5.76. The third kappa shape index (κ3) is 2.97. The summed E-state index contributed by atoms with van der Waals surface area (Å²) in [5.74, 6) is -0.0329. The minimum absolute atomic E-state index is 0.00858. The van der Waals surface area contributed by atoms with Gasteiger partial charge in [0, 0.05) is 12.4 Å². The molecule has 2 aromatic rings. The van der Waals surface area contributed by atoms with Crippen LogP contribution in [0.1, 0.15) is 24.1 Å². The van der Waals surface area contributed by atoms with E-state index in [1.807, 2.05) is 38.1 Å². The lowest BCUT2D eigenvalue weighted by Crippen LogP contribution is -2.30. The molecule has 94 valence electrons. The van der Waals surface area contributed by atoms with E-state index in [4.69, 9.17) is 0 Å². The van der Waals surface area contributed by atoms with Gasteiger partial charge in [-0.1, -0.05) is 24.3 Å². The second-order valence-corrected chi connectivity index (χ2v) is 4.35. The van der Waals surface area contributed by atoms with Crippen molar-refractivity contribution in [1.82, 2.24) is 15.1 Å². The largest absolute Gasteiger partial charge is 0.348 e. The van der Waals surface area contributed by atoms with Gasteiger partial charge in [0.15, 0.2) is 0 Å². The maximum Gasteiger partial charge on any atom is 0.242 e. The third-order valence-corrected chi connectivity index (χ3v) is 2.90. The Morgan fingerprint density at radius 2 is 2.17 bits per heavy atom. The van der Waals surface area contributed by atoms with Crippen LogP contribution in [0.2, 0.25) is 0 Å². The Balaban J connectivity index is 1.97. The van der Waals surface area contributed by atoms with Crippen molar-refractivity contribution in [3.63, 3.8) is 0 Å². The summed E-state index contributed by atoms with van der Waals surface area (Å²) >= 11 is 0. The quantitative estimate of drug-likeness (QED) is 0.893. The Labute approximate surface area is 107 Å². The molecule has 1 atom stereocenters. The van der Waals surface area contributed by atoms with E-state index >= 15 is 0 Å². The van der Waals surface area contributed by atoms with Gasteiger partial charge in [0.05, 0.1) is 6.04 Å². The molecule has 0 bridgehead atoms. The van der Waals surface area contributed by atoms with Crippen LogP contribution in [0.25, 0.3) is 0 Å². The maximum atomic E-state index is 11.8. The first kappa shape index (κ1) is 12.4. The molecular weight excluding hydrogens is 226 g/mol. The Bertz CT molecular complexity index is 520. The van der Waals surface area contributed by atoms with Gasteiger partial charge < -0.3 is 5.32 Å². The number of amides is 1. The third-order valence-electron chi connectivity index (χ3n) is 2.90. The maximum absolute atomic E-state index is 11.8. The van der Waals surface area contributed by atoms with Crippen LogP contribution in [0.3, 0.4) is 0 Å². The molecule has 0 radical (unpaired) electrons. The first-order chi connectivity index (χ1) is 8.66. The average molecular weight is 243 g/mol. The van der Waals surface area contributed by atoms with Gasteiger partial charge in [-0.25, -0.2) is 0 Å². The summed E-state index contributed by atoms with van der Waals surface area (Å²) in [6, 6.07) is 9.88. The highest BCUT2D eigenvalue weighted by atomic mass is 16.2. The zero-order valence-corrected chi connectivity index (χ0v) is 10.6. The lowest BCUT2D eigenvalue weighted by Gasteiger charge is -2.16. The minimum Gasteiger partial charge on any atom is -0.348 e. The Morgan fingerprint density at radius 1 is 1.39 bits per heavy atom. The van der Waals surface area contributed by atoms with E-state index in [0.29, 0.717) is 0 Å². The van der Waals surface area contributed by atoms with Crippen LogP contribution in [0, 0.1) is 6.92 Å². The fourth-order valence-electron chi connectivity index (χ4n) is 1.98. The molecule has 1 amide bonds. The number of aryl methyl sites for hydroxylation is 1. The molecule has 0 saturated heterocycles. The van der Waals surface area contributed by atoms with Crippen molar-refractivity contribution in [1.29, 1.82) is 0 Å². The number of carbonyl (C=O) groups excluding carboxylic acids is 1. The van der Waals surface area contributed by atoms with Gasteiger partial charge in [0.1, 0.15) is 6.54 Å². The monoisotopic (exact) mass is 243 g/mol. The Kier molecular flexibility index (Phi) is 3.77. The fourth-order valence-corrected chi connectivity index (χ4v) is 1.98. The molecule has 4 nitrogen and oxygen atoms in total. The first-order valence-corrected chi connectivity index (χ1v) is 5.99. The lowest BCUT2D eigenvalue weighted by atomic mass is 10.0. The van der Waals surface area contributed by atoms with Gasteiger partial charge in [0.25, 0.3) is 0 Å². The van der Waals surface area contributed by atoms with Crippen molar-refractivity contribution in [3.8, 4) is 0 Å². The van der Waals surface area contributed by atoms with Crippen LogP contribution in [-0.4, -0.2) is 15.7 Å². The molecule has 1 N–H and O–H groups in total. The normalized spacial score (nSPS) is 12.1. The number of benzene rings is 1. The molecule has 0 fully saturated rings. The van der Waals surface area contributed by atoms with E-state index in [9.17, 15) is 4.79 Å². The minimum atomic E-state index is -0.0329. The van der Waals surface area contributed by atoms with E-state index in [-0.39, 0.29) is 18.5 Å². The van der Waals surface area contributed by atoms with Crippen LogP contribution in [0.15, 0.2) is 42.7 Å². The molecule has 0 aliphatic heterocycles. The number of nitrogens with one attached hydrogen (secondary N) is 1. The fraction of sp³-hybridized carbons (Fsp3) is 0.286. The molecule has 0 spiro atoms. The average Bonchev–Trinajstić information content (AvgIpc) is 2.82. The van der Waals surface area contributed by atoms with E-state index in [2.05, 4.69) is 10.4 Å². The van der Waals surface area contributed by atoms with Gasteiger partial charge in [0.2, 0.25) is 5.91 Å². The van der Waals surface area contributed by atoms with Crippen molar-refractivity contribution in [3.05, 3.63) is 53.9 Å². The van der Waals surface area contributed by atoms with Gasteiger partial charge in [-0.2, -0.15) is 5.10 Å². The van der Waals surface area contributed by atoms with Crippen LogP contribution in [-0.2, 0) is 11.3 Å².